The summed E-state index contributed by atoms with van der Waals surface area (Å²) in [4.78, 5) is 21.4. The van der Waals surface area contributed by atoms with E-state index in [0.717, 1.165) is 12.8 Å². The molecule has 0 unspecified atom stereocenters. The van der Waals surface area contributed by atoms with Gasteiger partial charge in [0.05, 0.1) is 10.5 Å². The number of anilines is 1. The first-order valence-electron chi connectivity index (χ1n) is 5.84. The molecule has 0 heterocycles. The summed E-state index contributed by atoms with van der Waals surface area (Å²) in [5.74, 6) is -0.665. The van der Waals surface area contributed by atoms with Gasteiger partial charge >= 0.3 is 5.97 Å². The van der Waals surface area contributed by atoms with Crippen molar-refractivity contribution in [1.29, 1.82) is 0 Å². The van der Waals surface area contributed by atoms with Crippen molar-refractivity contribution in [1.82, 2.24) is 0 Å². The number of nitrogens with one attached hydrogen (secondary N) is 1. The van der Waals surface area contributed by atoms with E-state index in [9.17, 15) is 14.9 Å². The molecule has 0 amide bonds. The van der Waals surface area contributed by atoms with Crippen molar-refractivity contribution >= 4 is 17.3 Å². The van der Waals surface area contributed by atoms with Gasteiger partial charge in [0.25, 0.3) is 5.69 Å². The molecule has 0 aliphatic heterocycles. The minimum absolute atomic E-state index is 0.0523. The third-order valence-electron chi connectivity index (χ3n) is 3.26. The summed E-state index contributed by atoms with van der Waals surface area (Å²) < 4.78 is 0. The third kappa shape index (κ3) is 2.42. The van der Waals surface area contributed by atoms with E-state index in [1.165, 1.54) is 24.6 Å². The van der Waals surface area contributed by atoms with Crippen LogP contribution in [0.4, 0.5) is 11.4 Å². The van der Waals surface area contributed by atoms with Crippen molar-refractivity contribution in [3.8, 4) is 0 Å². The molecule has 1 aliphatic carbocycles. The number of nitro benzene ring substituents is 1. The van der Waals surface area contributed by atoms with Gasteiger partial charge in [-0.1, -0.05) is 12.5 Å². The van der Waals surface area contributed by atoms with Gasteiger partial charge in [-0.2, -0.15) is 0 Å². The molecule has 1 aromatic carbocycles. The number of nitrogens with zero attached hydrogens (tertiary/aromatic N) is 1. The molecule has 96 valence electrons. The van der Waals surface area contributed by atoms with Crippen molar-refractivity contribution in [2.45, 2.75) is 19.3 Å². The fourth-order valence-corrected chi connectivity index (χ4v) is 2.00. The Hall–Kier alpha value is -2.11. The molecule has 1 saturated carbocycles. The second kappa shape index (κ2) is 5.03. The lowest BCUT2D eigenvalue weighted by Crippen LogP contribution is -2.22. The molecule has 0 atom stereocenters. The van der Waals surface area contributed by atoms with Crippen LogP contribution >= 0.6 is 0 Å². The monoisotopic (exact) mass is 250 g/mol. The fourth-order valence-electron chi connectivity index (χ4n) is 2.00. The minimum Gasteiger partial charge on any atom is -0.478 e. The highest BCUT2D eigenvalue weighted by atomic mass is 16.6. The van der Waals surface area contributed by atoms with Crippen LogP contribution in [0.15, 0.2) is 18.2 Å². The van der Waals surface area contributed by atoms with Crippen molar-refractivity contribution in [2.75, 3.05) is 11.9 Å². The number of carbonyl (C=O) groups is 1. The molecule has 0 spiro atoms. The predicted molar refractivity (Wildman–Crippen MR) is 65.9 cm³/mol. The van der Waals surface area contributed by atoms with Crippen molar-refractivity contribution < 1.29 is 14.8 Å². The lowest BCUT2D eigenvalue weighted by atomic mass is 9.85. The largest absolute Gasteiger partial charge is 0.478 e. The van der Waals surface area contributed by atoms with Gasteiger partial charge in [-0.05, 0) is 24.8 Å². The van der Waals surface area contributed by atoms with Crippen LogP contribution in [0.3, 0.4) is 0 Å². The minimum atomic E-state index is -1.16. The van der Waals surface area contributed by atoms with Crippen LogP contribution in [-0.4, -0.2) is 22.5 Å². The number of hydrogen-bond acceptors (Lipinski definition) is 4. The maximum Gasteiger partial charge on any atom is 0.338 e. The van der Waals surface area contributed by atoms with E-state index in [1.807, 2.05) is 0 Å². The number of aromatic carboxylic acids is 1. The maximum atomic E-state index is 11.1. The molecule has 0 aromatic heterocycles. The van der Waals surface area contributed by atoms with Crippen LogP contribution in [0.5, 0.6) is 0 Å². The summed E-state index contributed by atoms with van der Waals surface area (Å²) in [6.45, 7) is 0.588. The second-order valence-electron chi connectivity index (χ2n) is 4.44. The van der Waals surface area contributed by atoms with Crippen LogP contribution in [0.25, 0.3) is 0 Å². The average molecular weight is 250 g/mol. The Morgan fingerprint density at radius 2 is 2.22 bits per heavy atom. The summed E-state index contributed by atoms with van der Waals surface area (Å²) in [6, 6.07) is 4.07. The summed E-state index contributed by atoms with van der Waals surface area (Å²) in [7, 11) is 0. The predicted octanol–water partition coefficient (Wildman–Crippen LogP) is 2.51. The number of benzene rings is 1. The Morgan fingerprint density at radius 3 is 2.72 bits per heavy atom. The van der Waals surface area contributed by atoms with Crippen LogP contribution in [0.2, 0.25) is 0 Å². The molecule has 0 radical (unpaired) electrons. The van der Waals surface area contributed by atoms with Crippen molar-refractivity contribution in [3.63, 3.8) is 0 Å². The van der Waals surface area contributed by atoms with E-state index in [4.69, 9.17) is 5.11 Å². The van der Waals surface area contributed by atoms with Gasteiger partial charge in [0.1, 0.15) is 5.69 Å². The van der Waals surface area contributed by atoms with Crippen LogP contribution < -0.4 is 5.32 Å². The van der Waals surface area contributed by atoms with Crippen molar-refractivity contribution in [3.05, 3.63) is 33.9 Å². The zero-order valence-electron chi connectivity index (χ0n) is 9.76. The van der Waals surface area contributed by atoms with Crippen LogP contribution in [0.1, 0.15) is 29.6 Å². The molecule has 1 fully saturated rings. The van der Waals surface area contributed by atoms with Gasteiger partial charge in [-0.25, -0.2) is 4.79 Å². The molecule has 0 bridgehead atoms. The number of carboxylic acids is 1. The number of rotatable bonds is 5. The first-order chi connectivity index (χ1) is 8.59. The molecule has 18 heavy (non-hydrogen) atoms. The fraction of sp³-hybridized carbons (Fsp3) is 0.417. The van der Waals surface area contributed by atoms with E-state index in [-0.39, 0.29) is 16.9 Å². The Labute approximate surface area is 104 Å². The number of hydrogen-bond donors (Lipinski definition) is 2. The van der Waals surface area contributed by atoms with Gasteiger partial charge in [0, 0.05) is 12.6 Å². The van der Waals surface area contributed by atoms with Gasteiger partial charge in [0.15, 0.2) is 0 Å². The SMILES string of the molecule is O=C(O)c1cccc([N+](=O)[O-])c1NCC1CCC1. The lowest BCUT2D eigenvalue weighted by molar-refractivity contribution is -0.384. The molecular weight excluding hydrogens is 236 g/mol. The molecule has 6 heteroatoms. The quantitative estimate of drug-likeness (QED) is 0.618. The molecule has 2 N–H and O–H groups in total. The van der Waals surface area contributed by atoms with Gasteiger partial charge < -0.3 is 10.4 Å². The molecule has 6 nitrogen and oxygen atoms in total. The molecule has 1 aliphatic rings. The highest BCUT2D eigenvalue weighted by molar-refractivity contribution is 5.96. The van der Waals surface area contributed by atoms with Crippen LogP contribution in [0, 0.1) is 16.0 Å². The first-order valence-corrected chi connectivity index (χ1v) is 5.84. The third-order valence-corrected chi connectivity index (χ3v) is 3.26. The van der Waals surface area contributed by atoms with E-state index in [1.54, 1.807) is 0 Å². The van der Waals surface area contributed by atoms with Gasteiger partial charge in [-0.15, -0.1) is 0 Å². The summed E-state index contributed by atoms with van der Waals surface area (Å²) in [5, 5.41) is 22.9. The first kappa shape index (κ1) is 12.3. The van der Waals surface area contributed by atoms with Crippen LogP contribution in [-0.2, 0) is 0 Å². The van der Waals surface area contributed by atoms with E-state index in [0.29, 0.717) is 12.5 Å². The number of carboxylic acid groups (broad SMARTS) is 1. The normalized spacial score (nSPS) is 14.9. The molecule has 1 aromatic rings. The zero-order valence-corrected chi connectivity index (χ0v) is 9.76. The Bertz CT molecular complexity index is 451. The van der Waals surface area contributed by atoms with Gasteiger partial charge in [0.2, 0.25) is 0 Å². The maximum absolute atomic E-state index is 11.1. The summed E-state index contributed by atoms with van der Waals surface area (Å²) in [6.07, 6.45) is 3.36. The molecular formula is C12H14N2O4. The summed E-state index contributed by atoms with van der Waals surface area (Å²) in [5.41, 5.74) is -0.125. The lowest BCUT2D eigenvalue weighted by Gasteiger charge is -2.26. The Balaban J connectivity index is 2.26. The standard InChI is InChI=1S/C12H14N2O4/c15-12(16)9-5-2-6-10(14(17)18)11(9)13-7-8-3-1-4-8/h2,5-6,8,13H,1,3-4,7H2,(H,15,16). The smallest absolute Gasteiger partial charge is 0.338 e. The number of para-hydroxylation sites is 1. The average Bonchev–Trinajstić information content (AvgIpc) is 2.26. The van der Waals surface area contributed by atoms with Crippen molar-refractivity contribution in [2.24, 2.45) is 5.92 Å². The summed E-state index contributed by atoms with van der Waals surface area (Å²) >= 11 is 0. The zero-order chi connectivity index (χ0) is 13.1. The Kier molecular flexibility index (Phi) is 3.45. The molecule has 2 rings (SSSR count). The highest BCUT2D eigenvalue weighted by Crippen LogP contribution is 2.31. The second-order valence-corrected chi connectivity index (χ2v) is 4.44. The Morgan fingerprint density at radius 1 is 1.50 bits per heavy atom. The topological polar surface area (TPSA) is 92.5 Å². The molecule has 0 saturated heterocycles. The number of nitro groups is 1. The van der Waals surface area contributed by atoms with Gasteiger partial charge in [-0.3, -0.25) is 10.1 Å². The van der Waals surface area contributed by atoms with E-state index in [2.05, 4.69) is 5.32 Å². The van der Waals surface area contributed by atoms with E-state index < -0.39 is 10.9 Å². The van der Waals surface area contributed by atoms with E-state index >= 15 is 0 Å². The highest BCUT2D eigenvalue weighted by Gasteiger charge is 2.23.